The van der Waals surface area contributed by atoms with Crippen LogP contribution in [0.2, 0.25) is 4.47 Å². The Hall–Kier alpha value is -1.38. The lowest BCUT2D eigenvalue weighted by Crippen LogP contribution is -2.29. The lowest BCUT2D eigenvalue weighted by atomic mass is 10.1. The van der Waals surface area contributed by atoms with E-state index in [1.165, 1.54) is 11.0 Å². The van der Waals surface area contributed by atoms with Gasteiger partial charge in [-0.2, -0.15) is 0 Å². The highest BCUT2D eigenvalue weighted by Crippen LogP contribution is 2.34. The van der Waals surface area contributed by atoms with Gasteiger partial charge in [0.05, 0.1) is 22.3 Å². The third kappa shape index (κ3) is 2.13. The van der Waals surface area contributed by atoms with Crippen molar-refractivity contribution >= 4 is 56.2 Å². The van der Waals surface area contributed by atoms with Crippen LogP contribution in [-0.4, -0.2) is 21.9 Å². The van der Waals surface area contributed by atoms with E-state index in [9.17, 15) is 14.0 Å². The number of Topliss-reactive ketones (excluding diaryl/α,β-unsaturated/α-hetero) is 1. The minimum absolute atomic E-state index is 0.0308. The fraction of sp³-hybridized carbons (Fsp3) is 0.0909. The molecule has 1 aliphatic heterocycles. The number of hydrogen-bond donors (Lipinski definition) is 0. The Bertz CT molecular complexity index is 751. The summed E-state index contributed by atoms with van der Waals surface area (Å²) in [6.07, 6.45) is 0. The van der Waals surface area contributed by atoms with Crippen molar-refractivity contribution in [2.75, 3.05) is 4.90 Å². The van der Waals surface area contributed by atoms with E-state index in [4.69, 9.17) is 11.6 Å². The van der Waals surface area contributed by atoms with E-state index in [0.717, 1.165) is 17.4 Å². The Kier molecular flexibility index (Phi) is 3.31. The first kappa shape index (κ1) is 13.6. The maximum Gasteiger partial charge on any atom is 0.299 e. The topological polar surface area (TPSA) is 63.2 Å². The number of nitrogens with zero attached hydrogens (tertiary/aromatic N) is 3. The number of rotatable bonds is 2. The Morgan fingerprint density at radius 3 is 2.75 bits per heavy atom. The molecule has 2 heterocycles. The highest BCUT2D eigenvalue weighted by Gasteiger charge is 2.37. The second kappa shape index (κ2) is 4.87. The molecule has 0 saturated heterocycles. The number of benzene rings is 1. The Balaban J connectivity index is 2.03. The van der Waals surface area contributed by atoms with Gasteiger partial charge in [0.25, 0.3) is 11.7 Å². The standard InChI is InChI=1S/C11H4BrClFN3O2S/c12-5-1-4-7(2-6(5)14)17(10(19)9(4)18)3-8-15-16-11(13)20-8/h1-2H,3H2. The zero-order chi connectivity index (χ0) is 14.4. The lowest BCUT2D eigenvalue weighted by molar-refractivity contribution is -0.114. The van der Waals surface area contributed by atoms with E-state index in [0.29, 0.717) is 5.01 Å². The summed E-state index contributed by atoms with van der Waals surface area (Å²) in [5, 5.41) is 7.87. The zero-order valence-electron chi connectivity index (χ0n) is 9.56. The van der Waals surface area contributed by atoms with Gasteiger partial charge in [-0.3, -0.25) is 14.5 Å². The minimum Gasteiger partial charge on any atom is -0.298 e. The molecule has 3 rings (SSSR count). The van der Waals surface area contributed by atoms with Gasteiger partial charge in [0, 0.05) is 0 Å². The van der Waals surface area contributed by atoms with Crippen LogP contribution in [0.25, 0.3) is 0 Å². The maximum atomic E-state index is 13.6. The molecule has 9 heteroatoms. The van der Waals surface area contributed by atoms with E-state index in [-0.39, 0.29) is 26.7 Å². The van der Waals surface area contributed by atoms with E-state index in [2.05, 4.69) is 26.1 Å². The molecular formula is C11H4BrClFN3O2S. The maximum absolute atomic E-state index is 13.6. The van der Waals surface area contributed by atoms with E-state index in [1.807, 2.05) is 0 Å². The number of carbonyl (C=O) groups excluding carboxylic acids is 2. The molecule has 1 aliphatic rings. The number of anilines is 1. The molecule has 0 radical (unpaired) electrons. The van der Waals surface area contributed by atoms with Crippen LogP contribution in [0.4, 0.5) is 10.1 Å². The summed E-state index contributed by atoms with van der Waals surface area (Å²) >= 11 is 9.75. The van der Waals surface area contributed by atoms with Crippen molar-refractivity contribution in [3.63, 3.8) is 0 Å². The summed E-state index contributed by atoms with van der Waals surface area (Å²) in [6, 6.07) is 2.45. The van der Waals surface area contributed by atoms with Gasteiger partial charge in [-0.15, -0.1) is 10.2 Å². The third-order valence-electron chi connectivity index (χ3n) is 2.75. The Labute approximate surface area is 129 Å². The van der Waals surface area contributed by atoms with E-state index >= 15 is 0 Å². The van der Waals surface area contributed by atoms with Crippen molar-refractivity contribution in [1.29, 1.82) is 0 Å². The van der Waals surface area contributed by atoms with Crippen LogP contribution < -0.4 is 4.90 Å². The smallest absolute Gasteiger partial charge is 0.298 e. The van der Waals surface area contributed by atoms with Crippen molar-refractivity contribution in [3.05, 3.63) is 37.5 Å². The SMILES string of the molecule is O=C1C(=O)N(Cc2nnc(Cl)s2)c2cc(F)c(Br)cc21. The predicted octanol–water partition coefficient (Wildman–Crippen LogP) is 2.82. The fourth-order valence-corrected chi connectivity index (χ4v) is 3.08. The molecule has 1 aromatic carbocycles. The molecule has 0 unspecified atom stereocenters. The van der Waals surface area contributed by atoms with Crippen molar-refractivity contribution in [1.82, 2.24) is 10.2 Å². The molecule has 0 spiro atoms. The highest BCUT2D eigenvalue weighted by atomic mass is 79.9. The zero-order valence-corrected chi connectivity index (χ0v) is 12.7. The monoisotopic (exact) mass is 375 g/mol. The number of halogens is 3. The van der Waals surface area contributed by atoms with Crippen LogP contribution in [0.15, 0.2) is 16.6 Å². The van der Waals surface area contributed by atoms with Crippen LogP contribution in [0.1, 0.15) is 15.4 Å². The molecule has 0 aliphatic carbocycles. The van der Waals surface area contributed by atoms with Crippen LogP contribution in [-0.2, 0) is 11.3 Å². The lowest BCUT2D eigenvalue weighted by Gasteiger charge is -2.14. The number of ketones is 1. The number of aromatic nitrogens is 2. The first-order valence-electron chi connectivity index (χ1n) is 5.30. The molecular weight excluding hydrogens is 373 g/mol. The van der Waals surface area contributed by atoms with Crippen LogP contribution in [0.5, 0.6) is 0 Å². The van der Waals surface area contributed by atoms with Gasteiger partial charge in [-0.05, 0) is 39.7 Å². The van der Waals surface area contributed by atoms with Gasteiger partial charge < -0.3 is 0 Å². The second-order valence-electron chi connectivity index (χ2n) is 3.95. The van der Waals surface area contributed by atoms with E-state index in [1.54, 1.807) is 0 Å². The van der Waals surface area contributed by atoms with Crippen molar-refractivity contribution in [3.8, 4) is 0 Å². The number of carbonyl (C=O) groups is 2. The third-order valence-corrected chi connectivity index (χ3v) is 4.36. The normalized spacial score (nSPS) is 14.1. The molecule has 0 bridgehead atoms. The molecule has 0 N–H and O–H groups in total. The van der Waals surface area contributed by atoms with Crippen molar-refractivity contribution in [2.45, 2.75) is 6.54 Å². The largest absolute Gasteiger partial charge is 0.299 e. The quantitative estimate of drug-likeness (QED) is 0.756. The average Bonchev–Trinajstić information content (AvgIpc) is 2.90. The molecule has 20 heavy (non-hydrogen) atoms. The molecule has 0 atom stereocenters. The van der Waals surface area contributed by atoms with Gasteiger partial charge in [-0.25, -0.2) is 4.39 Å². The summed E-state index contributed by atoms with van der Waals surface area (Å²) < 4.78 is 14.0. The summed E-state index contributed by atoms with van der Waals surface area (Å²) in [4.78, 5) is 25.0. The average molecular weight is 377 g/mol. The summed E-state index contributed by atoms with van der Waals surface area (Å²) in [6.45, 7) is 0.0308. The first-order valence-corrected chi connectivity index (χ1v) is 7.29. The molecule has 5 nitrogen and oxygen atoms in total. The molecule has 1 amide bonds. The van der Waals surface area contributed by atoms with Crippen LogP contribution >= 0.6 is 38.9 Å². The molecule has 102 valence electrons. The summed E-state index contributed by atoms with van der Waals surface area (Å²) in [7, 11) is 0. The molecule has 0 saturated carbocycles. The van der Waals surface area contributed by atoms with Crippen LogP contribution in [0, 0.1) is 5.82 Å². The number of fused-ring (bicyclic) bond motifs is 1. The summed E-state index contributed by atoms with van der Waals surface area (Å²) in [5.41, 5.74) is 0.394. The Morgan fingerprint density at radius 2 is 2.10 bits per heavy atom. The molecule has 0 fully saturated rings. The van der Waals surface area contributed by atoms with Crippen LogP contribution in [0.3, 0.4) is 0 Å². The second-order valence-corrected chi connectivity index (χ2v) is 6.45. The Morgan fingerprint density at radius 1 is 1.35 bits per heavy atom. The van der Waals surface area contributed by atoms with Gasteiger partial charge in [0.2, 0.25) is 4.47 Å². The van der Waals surface area contributed by atoms with Crippen molar-refractivity contribution in [2.24, 2.45) is 0 Å². The highest BCUT2D eigenvalue weighted by molar-refractivity contribution is 9.10. The van der Waals surface area contributed by atoms with Gasteiger partial charge in [-0.1, -0.05) is 11.3 Å². The molecule has 1 aromatic heterocycles. The minimum atomic E-state index is -0.719. The predicted molar refractivity (Wildman–Crippen MR) is 74.5 cm³/mol. The van der Waals surface area contributed by atoms with Gasteiger partial charge in [0.1, 0.15) is 10.8 Å². The number of amides is 1. The van der Waals surface area contributed by atoms with Gasteiger partial charge >= 0.3 is 0 Å². The van der Waals surface area contributed by atoms with Crippen molar-refractivity contribution < 1.29 is 14.0 Å². The van der Waals surface area contributed by atoms with E-state index < -0.39 is 17.5 Å². The summed E-state index contributed by atoms with van der Waals surface area (Å²) in [5.74, 6) is -1.94. The number of hydrogen-bond acceptors (Lipinski definition) is 5. The molecule has 2 aromatic rings. The van der Waals surface area contributed by atoms with Gasteiger partial charge in [0.15, 0.2) is 0 Å². The first-order chi connectivity index (χ1) is 9.47. The fourth-order valence-electron chi connectivity index (χ4n) is 1.88.